The lowest BCUT2D eigenvalue weighted by Crippen LogP contribution is -3.00. The fraction of sp³-hybridized carbons (Fsp3) is 0.800. The van der Waals surface area contributed by atoms with Crippen LogP contribution in [0.2, 0.25) is 0 Å². The van der Waals surface area contributed by atoms with Gasteiger partial charge in [-0.15, -0.1) is 0 Å². The third-order valence-corrected chi connectivity index (χ3v) is 3.67. The smallest absolute Gasteiger partial charge is 0.0971 e. The quantitative estimate of drug-likeness (QED) is 0.433. The Hall–Kier alpha value is 0.140. The number of piperidine rings is 3. The highest BCUT2D eigenvalue weighted by Gasteiger charge is 2.43. The van der Waals surface area contributed by atoms with Gasteiger partial charge in [-0.1, -0.05) is 6.58 Å². The molecule has 0 aromatic rings. The van der Waals surface area contributed by atoms with Crippen LogP contribution in [0.4, 0.5) is 0 Å². The second-order valence-electron chi connectivity index (χ2n) is 4.44. The van der Waals surface area contributed by atoms with Gasteiger partial charge in [-0.25, -0.2) is 0 Å². The van der Waals surface area contributed by atoms with Gasteiger partial charge in [0.05, 0.1) is 32.2 Å². The molecular weight excluding hydrogens is 228 g/mol. The average Bonchev–Trinajstić information content (AvgIpc) is 2.05. The van der Waals surface area contributed by atoms with E-state index in [2.05, 4.69) is 12.7 Å². The fourth-order valence-electron chi connectivity index (χ4n) is 2.87. The lowest BCUT2D eigenvalue weighted by molar-refractivity contribution is -0.938. The van der Waals surface area contributed by atoms with Crippen LogP contribution in [0.15, 0.2) is 12.7 Å². The Labute approximate surface area is 91.1 Å². The molecule has 76 valence electrons. The Balaban J connectivity index is 0.000000845. The van der Waals surface area contributed by atoms with Crippen LogP contribution in [0.25, 0.3) is 0 Å². The molecule has 3 heterocycles. The summed E-state index contributed by atoms with van der Waals surface area (Å²) in [7, 11) is 0. The molecule has 3 rings (SSSR count). The zero-order chi connectivity index (χ0) is 8.60. The van der Waals surface area contributed by atoms with E-state index in [0.717, 1.165) is 12.5 Å². The first-order chi connectivity index (χ1) is 5.76. The number of nitrogens with zero attached hydrogens (tertiary/aromatic N) is 1. The van der Waals surface area contributed by atoms with Crippen LogP contribution in [0.3, 0.4) is 0 Å². The molecule has 3 saturated heterocycles. The maximum Gasteiger partial charge on any atom is 0.0971 e. The van der Waals surface area contributed by atoms with Crippen molar-refractivity contribution in [2.45, 2.75) is 18.9 Å². The highest BCUT2D eigenvalue weighted by Crippen LogP contribution is 2.32. The number of halogens is 1. The maximum absolute atomic E-state index is 6.09. The Morgan fingerprint density at radius 1 is 1.38 bits per heavy atom. The molecule has 3 heteroatoms. The highest BCUT2D eigenvalue weighted by molar-refractivity contribution is 4.84. The van der Waals surface area contributed by atoms with E-state index >= 15 is 0 Å². The predicted molar refractivity (Wildman–Crippen MR) is 50.6 cm³/mol. The molecule has 2 N–H and O–H groups in total. The molecule has 2 bridgehead atoms. The van der Waals surface area contributed by atoms with E-state index in [9.17, 15) is 0 Å². The van der Waals surface area contributed by atoms with Crippen LogP contribution in [0.5, 0.6) is 0 Å². The first-order valence-electron chi connectivity index (χ1n) is 4.97. The summed E-state index contributed by atoms with van der Waals surface area (Å²) in [5.41, 5.74) is 6.09. The first kappa shape index (κ1) is 11.2. The van der Waals surface area contributed by atoms with Gasteiger partial charge >= 0.3 is 0 Å². The summed E-state index contributed by atoms with van der Waals surface area (Å²) in [5, 5.41) is 0. The van der Waals surface area contributed by atoms with E-state index in [1.807, 2.05) is 0 Å². The second kappa shape index (κ2) is 4.11. The number of rotatable bonds is 2. The van der Waals surface area contributed by atoms with Crippen LogP contribution < -0.4 is 22.7 Å². The number of hydrogen-bond acceptors (Lipinski definition) is 1. The SMILES string of the molecule is C=CC[N+]12CCC(CC1)C(N)C2.[Br-]. The standard InChI is InChI=1S/C10H19N2.BrH/c1-2-5-12-6-3-9(4-7-12)10(11)8-12;/h2,9-10H,1,3-8,11H2;1H/q+1;/p-1. The summed E-state index contributed by atoms with van der Waals surface area (Å²) in [6.07, 6.45) is 4.74. The number of quaternary nitrogens is 1. The summed E-state index contributed by atoms with van der Waals surface area (Å²) in [4.78, 5) is 0. The monoisotopic (exact) mass is 246 g/mol. The van der Waals surface area contributed by atoms with Crippen molar-refractivity contribution in [1.82, 2.24) is 0 Å². The van der Waals surface area contributed by atoms with Crippen LogP contribution in [0, 0.1) is 5.92 Å². The molecule has 1 unspecified atom stereocenters. The van der Waals surface area contributed by atoms with Crippen molar-refractivity contribution in [2.24, 2.45) is 11.7 Å². The Morgan fingerprint density at radius 3 is 2.46 bits per heavy atom. The lowest BCUT2D eigenvalue weighted by Gasteiger charge is -2.51. The van der Waals surface area contributed by atoms with Crippen molar-refractivity contribution in [3.05, 3.63) is 12.7 Å². The van der Waals surface area contributed by atoms with Crippen molar-refractivity contribution >= 4 is 0 Å². The molecule has 0 amide bonds. The number of fused-ring (bicyclic) bond motifs is 3. The summed E-state index contributed by atoms with van der Waals surface area (Å²) in [6.45, 7) is 8.83. The summed E-state index contributed by atoms with van der Waals surface area (Å²) in [5.74, 6) is 0.829. The van der Waals surface area contributed by atoms with E-state index in [0.29, 0.717) is 6.04 Å². The van der Waals surface area contributed by atoms with E-state index < -0.39 is 0 Å². The van der Waals surface area contributed by atoms with Crippen LogP contribution in [-0.4, -0.2) is 36.7 Å². The van der Waals surface area contributed by atoms with Gasteiger partial charge in [-0.2, -0.15) is 0 Å². The van der Waals surface area contributed by atoms with Gasteiger partial charge in [0.15, 0.2) is 0 Å². The van der Waals surface area contributed by atoms with Crippen molar-refractivity contribution in [2.75, 3.05) is 26.2 Å². The maximum atomic E-state index is 6.09. The van der Waals surface area contributed by atoms with Gasteiger partial charge in [-0.3, -0.25) is 0 Å². The van der Waals surface area contributed by atoms with Crippen molar-refractivity contribution in [3.63, 3.8) is 0 Å². The third kappa shape index (κ3) is 1.97. The minimum absolute atomic E-state index is 0. The normalized spacial score (nSPS) is 42.5. The van der Waals surface area contributed by atoms with Gasteiger partial charge in [0, 0.05) is 12.8 Å². The Bertz CT molecular complexity index is 185. The lowest BCUT2D eigenvalue weighted by atomic mass is 9.82. The van der Waals surface area contributed by atoms with E-state index in [1.165, 1.54) is 37.0 Å². The molecule has 0 spiro atoms. The van der Waals surface area contributed by atoms with Gasteiger partial charge in [-0.05, 0) is 12.0 Å². The minimum atomic E-state index is 0. The van der Waals surface area contributed by atoms with Crippen LogP contribution in [-0.2, 0) is 0 Å². The van der Waals surface area contributed by atoms with Crippen molar-refractivity contribution in [3.8, 4) is 0 Å². The fourth-order valence-corrected chi connectivity index (χ4v) is 2.87. The molecule has 0 aromatic heterocycles. The average molecular weight is 247 g/mol. The second-order valence-corrected chi connectivity index (χ2v) is 4.44. The molecular formula is C10H19BrN2. The van der Waals surface area contributed by atoms with Gasteiger partial charge in [0.1, 0.15) is 0 Å². The van der Waals surface area contributed by atoms with Crippen LogP contribution in [0.1, 0.15) is 12.8 Å². The zero-order valence-corrected chi connectivity index (χ0v) is 9.67. The molecule has 3 aliphatic heterocycles. The summed E-state index contributed by atoms with van der Waals surface area (Å²) in [6, 6.07) is 0.465. The molecule has 13 heavy (non-hydrogen) atoms. The van der Waals surface area contributed by atoms with Crippen molar-refractivity contribution in [1.29, 1.82) is 0 Å². The minimum Gasteiger partial charge on any atom is -1.00 e. The molecule has 1 atom stereocenters. The first-order valence-corrected chi connectivity index (χ1v) is 4.97. The summed E-state index contributed by atoms with van der Waals surface area (Å²) < 4.78 is 1.22. The Morgan fingerprint density at radius 2 is 2.00 bits per heavy atom. The topological polar surface area (TPSA) is 26.0 Å². The zero-order valence-electron chi connectivity index (χ0n) is 8.08. The Kier molecular flexibility index (Phi) is 3.55. The predicted octanol–water partition coefficient (Wildman–Crippen LogP) is -2.26. The number of hydrogen-bond donors (Lipinski definition) is 1. The van der Waals surface area contributed by atoms with Gasteiger partial charge in [0.2, 0.25) is 0 Å². The summed E-state index contributed by atoms with van der Waals surface area (Å²) >= 11 is 0. The van der Waals surface area contributed by atoms with Crippen LogP contribution >= 0.6 is 0 Å². The molecule has 2 nitrogen and oxygen atoms in total. The third-order valence-electron chi connectivity index (χ3n) is 3.67. The van der Waals surface area contributed by atoms with E-state index in [-0.39, 0.29) is 17.0 Å². The molecule has 0 aliphatic carbocycles. The van der Waals surface area contributed by atoms with Gasteiger partial charge < -0.3 is 27.2 Å². The van der Waals surface area contributed by atoms with E-state index in [1.54, 1.807) is 0 Å². The largest absolute Gasteiger partial charge is 1.00 e. The molecule has 3 fully saturated rings. The van der Waals surface area contributed by atoms with E-state index in [4.69, 9.17) is 5.73 Å². The van der Waals surface area contributed by atoms with Crippen molar-refractivity contribution < 1.29 is 21.5 Å². The molecule has 3 aliphatic rings. The number of nitrogens with two attached hydrogens (primary N) is 1. The molecule has 0 saturated carbocycles. The molecule has 0 radical (unpaired) electrons. The molecule has 0 aromatic carbocycles. The van der Waals surface area contributed by atoms with Gasteiger partial charge in [0.25, 0.3) is 0 Å². The highest BCUT2D eigenvalue weighted by atomic mass is 79.9.